The molecule has 0 radical (unpaired) electrons. The highest BCUT2D eigenvalue weighted by Gasteiger charge is 2.17. The summed E-state index contributed by atoms with van der Waals surface area (Å²) in [5.41, 5.74) is 1.24. The number of carbonyl (C=O) groups excluding carboxylic acids is 1. The monoisotopic (exact) mass is 369 g/mol. The van der Waals surface area contributed by atoms with Crippen LogP contribution >= 0.6 is 11.3 Å². The summed E-state index contributed by atoms with van der Waals surface area (Å²) in [5, 5.41) is 5.11. The van der Waals surface area contributed by atoms with Crippen LogP contribution in [-0.4, -0.2) is 61.5 Å². The number of piperazine rings is 1. The van der Waals surface area contributed by atoms with E-state index in [0.29, 0.717) is 6.54 Å². The Labute approximate surface area is 160 Å². The summed E-state index contributed by atoms with van der Waals surface area (Å²) in [4.78, 5) is 18.1. The van der Waals surface area contributed by atoms with Gasteiger partial charge in [-0.25, -0.2) is 0 Å². The van der Waals surface area contributed by atoms with Crippen molar-refractivity contribution in [2.24, 2.45) is 0 Å². The van der Waals surface area contributed by atoms with Crippen molar-refractivity contribution in [3.8, 4) is 0 Å². The van der Waals surface area contributed by atoms with Gasteiger partial charge in [0, 0.05) is 44.1 Å². The van der Waals surface area contributed by atoms with E-state index in [1.165, 1.54) is 10.4 Å². The van der Waals surface area contributed by atoms with Crippen molar-refractivity contribution in [2.45, 2.75) is 6.42 Å². The fourth-order valence-corrected chi connectivity index (χ4v) is 3.78. The first-order chi connectivity index (χ1) is 12.8. The van der Waals surface area contributed by atoms with E-state index in [9.17, 15) is 4.79 Å². The van der Waals surface area contributed by atoms with Gasteiger partial charge in [0.05, 0.1) is 6.54 Å². The maximum atomic E-state index is 12.1. The second-order valence-corrected chi connectivity index (χ2v) is 7.60. The summed E-state index contributed by atoms with van der Waals surface area (Å²) < 4.78 is 0. The van der Waals surface area contributed by atoms with Gasteiger partial charge in [-0.2, -0.15) is 0 Å². The van der Waals surface area contributed by atoms with Crippen LogP contribution in [0, 0.1) is 0 Å². The Hall–Kier alpha value is -1.95. The minimum atomic E-state index is 0.138. The molecule has 1 saturated heterocycles. The van der Waals surface area contributed by atoms with Crippen molar-refractivity contribution in [1.29, 1.82) is 0 Å². The molecule has 5 heteroatoms. The van der Waals surface area contributed by atoms with Gasteiger partial charge in [-0.3, -0.25) is 14.6 Å². The molecule has 0 saturated carbocycles. The molecule has 0 aliphatic carbocycles. The summed E-state index contributed by atoms with van der Waals surface area (Å²) in [6.45, 7) is 6.15. The van der Waals surface area contributed by atoms with Crippen molar-refractivity contribution in [1.82, 2.24) is 15.1 Å². The lowest BCUT2D eigenvalue weighted by molar-refractivity contribution is -0.122. The molecule has 2 aromatic rings. The van der Waals surface area contributed by atoms with E-state index >= 15 is 0 Å². The highest BCUT2D eigenvalue weighted by molar-refractivity contribution is 7.09. The molecule has 2 heterocycles. The van der Waals surface area contributed by atoms with Crippen molar-refractivity contribution in [3.63, 3.8) is 0 Å². The maximum absolute atomic E-state index is 12.1. The molecule has 4 nitrogen and oxygen atoms in total. The number of carbonyl (C=O) groups is 1. The first-order valence-electron chi connectivity index (χ1n) is 9.25. The van der Waals surface area contributed by atoms with Crippen molar-refractivity contribution in [2.75, 3.05) is 45.8 Å². The molecule has 1 aromatic heterocycles. The molecular formula is C21H27N3OS. The summed E-state index contributed by atoms with van der Waals surface area (Å²) in [6, 6.07) is 14.6. The van der Waals surface area contributed by atoms with Gasteiger partial charge in [-0.15, -0.1) is 11.3 Å². The Morgan fingerprint density at radius 3 is 2.54 bits per heavy atom. The van der Waals surface area contributed by atoms with E-state index in [4.69, 9.17) is 0 Å². The smallest absolute Gasteiger partial charge is 0.234 e. The van der Waals surface area contributed by atoms with Gasteiger partial charge < -0.3 is 5.32 Å². The van der Waals surface area contributed by atoms with E-state index in [0.717, 1.165) is 45.7 Å². The molecular weight excluding hydrogens is 342 g/mol. The third kappa shape index (κ3) is 6.41. The van der Waals surface area contributed by atoms with Crippen molar-refractivity contribution >= 4 is 23.3 Å². The van der Waals surface area contributed by atoms with Gasteiger partial charge in [0.1, 0.15) is 0 Å². The van der Waals surface area contributed by atoms with Gasteiger partial charge >= 0.3 is 0 Å². The van der Waals surface area contributed by atoms with E-state index in [1.807, 2.05) is 6.07 Å². The highest BCUT2D eigenvalue weighted by atomic mass is 32.1. The molecule has 1 fully saturated rings. The lowest BCUT2D eigenvalue weighted by atomic mass is 10.2. The van der Waals surface area contributed by atoms with Crippen molar-refractivity contribution < 1.29 is 4.79 Å². The fraction of sp³-hybridized carbons (Fsp3) is 0.381. The zero-order valence-electron chi connectivity index (χ0n) is 15.1. The average molecular weight is 370 g/mol. The molecule has 26 heavy (non-hydrogen) atoms. The molecule has 0 spiro atoms. The highest BCUT2D eigenvalue weighted by Crippen LogP contribution is 2.08. The topological polar surface area (TPSA) is 35.6 Å². The molecule has 1 aliphatic rings. The molecule has 1 aliphatic heterocycles. The number of rotatable bonds is 8. The van der Waals surface area contributed by atoms with Gasteiger partial charge in [0.25, 0.3) is 0 Å². The van der Waals surface area contributed by atoms with Crippen LogP contribution in [-0.2, 0) is 11.2 Å². The Morgan fingerprint density at radius 2 is 1.81 bits per heavy atom. The Balaban J connectivity index is 1.29. The number of hydrogen-bond donors (Lipinski definition) is 1. The lowest BCUT2D eigenvalue weighted by Gasteiger charge is -2.33. The number of thiophene rings is 1. The van der Waals surface area contributed by atoms with E-state index in [1.54, 1.807) is 11.3 Å². The average Bonchev–Trinajstić information content (AvgIpc) is 3.18. The van der Waals surface area contributed by atoms with E-state index in [2.05, 4.69) is 69.0 Å². The predicted molar refractivity (Wildman–Crippen MR) is 109 cm³/mol. The number of amides is 1. The normalized spacial score (nSPS) is 16.2. The van der Waals surface area contributed by atoms with Crippen molar-refractivity contribution in [3.05, 3.63) is 64.4 Å². The quantitative estimate of drug-likeness (QED) is 0.777. The van der Waals surface area contributed by atoms with Gasteiger partial charge in [-0.05, 0) is 23.4 Å². The number of benzene rings is 1. The van der Waals surface area contributed by atoms with Crippen LogP contribution in [0.25, 0.3) is 6.08 Å². The Morgan fingerprint density at radius 1 is 1.04 bits per heavy atom. The van der Waals surface area contributed by atoms with Crippen LogP contribution in [0.4, 0.5) is 0 Å². The summed E-state index contributed by atoms with van der Waals surface area (Å²) in [6.07, 6.45) is 5.32. The standard InChI is InChI=1S/C21H27N3OS/c25-21(22-11-10-20-9-5-17-26-20)18-24-15-13-23(14-16-24)12-4-8-19-6-2-1-3-7-19/h1-9,17H,10-16,18H2,(H,22,25). The summed E-state index contributed by atoms with van der Waals surface area (Å²) >= 11 is 1.74. The molecule has 0 atom stereocenters. The summed E-state index contributed by atoms with van der Waals surface area (Å²) in [5.74, 6) is 0.138. The third-order valence-electron chi connectivity index (χ3n) is 4.58. The van der Waals surface area contributed by atoms with Gasteiger partial charge in [-0.1, -0.05) is 48.6 Å². The van der Waals surface area contributed by atoms with Crippen LogP contribution in [0.1, 0.15) is 10.4 Å². The first kappa shape index (κ1) is 18.8. The number of hydrogen-bond acceptors (Lipinski definition) is 4. The predicted octanol–water partition coefficient (Wildman–Crippen LogP) is 2.74. The molecule has 0 bridgehead atoms. The molecule has 3 rings (SSSR count). The molecule has 1 aromatic carbocycles. The van der Waals surface area contributed by atoms with Gasteiger partial charge in [0.15, 0.2) is 0 Å². The van der Waals surface area contributed by atoms with E-state index in [-0.39, 0.29) is 5.91 Å². The van der Waals surface area contributed by atoms with Crippen LogP contribution in [0.5, 0.6) is 0 Å². The minimum Gasteiger partial charge on any atom is -0.355 e. The van der Waals surface area contributed by atoms with Crippen LogP contribution in [0.15, 0.2) is 53.9 Å². The maximum Gasteiger partial charge on any atom is 0.234 e. The third-order valence-corrected chi connectivity index (χ3v) is 5.52. The van der Waals surface area contributed by atoms with Crippen LogP contribution in [0.3, 0.4) is 0 Å². The van der Waals surface area contributed by atoms with E-state index < -0.39 is 0 Å². The minimum absolute atomic E-state index is 0.138. The number of nitrogens with zero attached hydrogens (tertiary/aromatic N) is 2. The molecule has 138 valence electrons. The molecule has 0 unspecified atom stereocenters. The Bertz CT molecular complexity index is 677. The van der Waals surface area contributed by atoms with Crippen LogP contribution in [0.2, 0.25) is 0 Å². The number of nitrogens with one attached hydrogen (secondary N) is 1. The molecule has 1 N–H and O–H groups in total. The SMILES string of the molecule is O=C(CN1CCN(CC=Cc2ccccc2)CC1)NCCc1cccs1. The zero-order chi connectivity index (χ0) is 18.0. The second-order valence-electron chi connectivity index (χ2n) is 6.57. The second kappa shape index (κ2) is 10.3. The largest absolute Gasteiger partial charge is 0.355 e. The summed E-state index contributed by atoms with van der Waals surface area (Å²) in [7, 11) is 0. The lowest BCUT2D eigenvalue weighted by Crippen LogP contribution is -2.49. The molecule has 1 amide bonds. The Kier molecular flexibility index (Phi) is 7.43. The van der Waals surface area contributed by atoms with Crippen LogP contribution < -0.4 is 5.32 Å². The fourth-order valence-electron chi connectivity index (χ4n) is 3.07. The van der Waals surface area contributed by atoms with Gasteiger partial charge in [0.2, 0.25) is 5.91 Å². The zero-order valence-corrected chi connectivity index (χ0v) is 16.0. The first-order valence-corrected chi connectivity index (χ1v) is 10.1.